The van der Waals surface area contributed by atoms with Gasteiger partial charge in [-0.3, -0.25) is 4.79 Å². The number of carbonyl (C=O) groups is 1. The fourth-order valence-electron chi connectivity index (χ4n) is 2.15. The lowest BCUT2D eigenvalue weighted by Crippen LogP contribution is -2.48. The van der Waals surface area contributed by atoms with Crippen molar-refractivity contribution in [3.05, 3.63) is 58.9 Å². The number of hydrogen-bond acceptors (Lipinski definition) is 4. The zero-order chi connectivity index (χ0) is 16.3. The van der Waals surface area contributed by atoms with Crippen LogP contribution in [0.3, 0.4) is 0 Å². The molecule has 0 bridgehead atoms. The maximum atomic E-state index is 12.3. The number of aromatic nitrogens is 2. The van der Waals surface area contributed by atoms with E-state index in [-0.39, 0.29) is 13.2 Å². The number of amides is 1. The molecule has 1 saturated heterocycles. The van der Waals surface area contributed by atoms with E-state index in [0.29, 0.717) is 17.2 Å². The van der Waals surface area contributed by atoms with Crippen LogP contribution in [0.5, 0.6) is 0 Å². The van der Waals surface area contributed by atoms with E-state index in [0.717, 1.165) is 5.56 Å². The molecule has 3 rings (SSSR count). The normalized spacial score (nSPS) is 16.4. The largest absolute Gasteiger partial charge is 0.377 e. The SMILES string of the molecule is N#CC1(C(=O)N=c2ccccn2Cc2ccc(Cl)nc2)COC1. The molecule has 0 aromatic carbocycles. The Balaban J connectivity index is 1.92. The standard InChI is InChI=1S/C16H13ClN4O2/c17-13-5-4-12(7-19-13)8-21-6-2-1-3-14(21)20-15(22)16(9-18)10-23-11-16/h1-7H,8,10-11H2. The second kappa shape index (κ2) is 6.32. The van der Waals surface area contributed by atoms with Gasteiger partial charge >= 0.3 is 0 Å². The molecular weight excluding hydrogens is 316 g/mol. The Bertz CT molecular complexity index is 832. The second-order valence-electron chi connectivity index (χ2n) is 5.28. The van der Waals surface area contributed by atoms with Gasteiger partial charge in [-0.1, -0.05) is 23.7 Å². The highest BCUT2D eigenvalue weighted by atomic mass is 35.5. The summed E-state index contributed by atoms with van der Waals surface area (Å²) in [6, 6.07) is 10.9. The van der Waals surface area contributed by atoms with Gasteiger partial charge in [-0.05, 0) is 23.8 Å². The van der Waals surface area contributed by atoms with Crippen molar-refractivity contribution in [2.24, 2.45) is 10.4 Å². The summed E-state index contributed by atoms with van der Waals surface area (Å²) >= 11 is 5.78. The molecule has 7 heteroatoms. The fourth-order valence-corrected chi connectivity index (χ4v) is 2.26. The van der Waals surface area contributed by atoms with Crippen molar-refractivity contribution in [1.82, 2.24) is 9.55 Å². The molecule has 0 N–H and O–H groups in total. The number of carbonyl (C=O) groups excluding carboxylic acids is 1. The van der Waals surface area contributed by atoms with Gasteiger partial charge < -0.3 is 9.30 Å². The first-order valence-electron chi connectivity index (χ1n) is 6.97. The molecule has 0 aliphatic carbocycles. The molecule has 2 aromatic rings. The smallest absolute Gasteiger partial charge is 0.272 e. The first kappa shape index (κ1) is 15.4. The van der Waals surface area contributed by atoms with Gasteiger partial charge in [0, 0.05) is 12.4 Å². The van der Waals surface area contributed by atoms with Gasteiger partial charge in [0.1, 0.15) is 10.6 Å². The van der Waals surface area contributed by atoms with Crippen molar-refractivity contribution < 1.29 is 9.53 Å². The molecule has 3 heterocycles. The minimum absolute atomic E-state index is 0.0970. The number of pyridine rings is 2. The monoisotopic (exact) mass is 328 g/mol. The predicted molar refractivity (Wildman–Crippen MR) is 82.2 cm³/mol. The molecule has 0 spiro atoms. The maximum absolute atomic E-state index is 12.3. The van der Waals surface area contributed by atoms with Gasteiger partial charge in [-0.2, -0.15) is 10.3 Å². The van der Waals surface area contributed by atoms with Crippen LogP contribution >= 0.6 is 11.6 Å². The minimum atomic E-state index is -1.14. The Morgan fingerprint density at radius 1 is 1.43 bits per heavy atom. The highest BCUT2D eigenvalue weighted by molar-refractivity contribution is 6.29. The van der Waals surface area contributed by atoms with Crippen LogP contribution in [-0.4, -0.2) is 28.7 Å². The van der Waals surface area contributed by atoms with E-state index in [2.05, 4.69) is 9.98 Å². The number of hydrogen-bond donors (Lipinski definition) is 0. The highest BCUT2D eigenvalue weighted by Crippen LogP contribution is 2.27. The van der Waals surface area contributed by atoms with Crippen LogP contribution in [0.15, 0.2) is 47.7 Å². The summed E-state index contributed by atoms with van der Waals surface area (Å²) in [6.45, 7) is 0.687. The van der Waals surface area contributed by atoms with Crippen molar-refractivity contribution in [2.45, 2.75) is 6.54 Å². The lowest BCUT2D eigenvalue weighted by Gasteiger charge is -2.31. The third kappa shape index (κ3) is 3.16. The Hall–Kier alpha value is -2.49. The van der Waals surface area contributed by atoms with Gasteiger partial charge in [-0.15, -0.1) is 0 Å². The summed E-state index contributed by atoms with van der Waals surface area (Å²) in [5.74, 6) is -0.472. The van der Waals surface area contributed by atoms with E-state index in [1.807, 2.05) is 29.0 Å². The molecule has 0 unspecified atom stereocenters. The number of nitriles is 1. The van der Waals surface area contributed by atoms with Crippen molar-refractivity contribution >= 4 is 17.5 Å². The molecule has 6 nitrogen and oxygen atoms in total. The van der Waals surface area contributed by atoms with Crippen LogP contribution in [0.4, 0.5) is 0 Å². The molecule has 0 atom stereocenters. The van der Waals surface area contributed by atoms with Gasteiger partial charge in [0.2, 0.25) is 0 Å². The summed E-state index contributed by atoms with van der Waals surface area (Å²) in [4.78, 5) is 20.4. The van der Waals surface area contributed by atoms with Crippen LogP contribution in [0.1, 0.15) is 5.56 Å². The lowest BCUT2D eigenvalue weighted by molar-refractivity contribution is -0.146. The average Bonchev–Trinajstić information content (AvgIpc) is 2.51. The summed E-state index contributed by atoms with van der Waals surface area (Å²) in [7, 11) is 0. The highest BCUT2D eigenvalue weighted by Gasteiger charge is 2.46. The summed E-state index contributed by atoms with van der Waals surface area (Å²) < 4.78 is 6.81. The van der Waals surface area contributed by atoms with Crippen LogP contribution in [0, 0.1) is 16.7 Å². The predicted octanol–water partition coefficient (Wildman–Crippen LogP) is 1.55. The van der Waals surface area contributed by atoms with Crippen LogP contribution < -0.4 is 5.49 Å². The molecule has 0 radical (unpaired) electrons. The van der Waals surface area contributed by atoms with Crippen molar-refractivity contribution in [3.8, 4) is 6.07 Å². The van der Waals surface area contributed by atoms with Gasteiger partial charge in [0.25, 0.3) is 5.91 Å². The molecule has 1 aliphatic heterocycles. The molecule has 23 heavy (non-hydrogen) atoms. The number of rotatable bonds is 3. The van der Waals surface area contributed by atoms with Crippen LogP contribution in [-0.2, 0) is 16.1 Å². The van der Waals surface area contributed by atoms with Gasteiger partial charge in [-0.25, -0.2) is 4.98 Å². The molecule has 1 amide bonds. The number of nitrogens with zero attached hydrogens (tertiary/aromatic N) is 4. The second-order valence-corrected chi connectivity index (χ2v) is 5.67. The Morgan fingerprint density at radius 2 is 2.26 bits per heavy atom. The maximum Gasteiger partial charge on any atom is 0.272 e. The zero-order valence-electron chi connectivity index (χ0n) is 12.1. The van der Waals surface area contributed by atoms with E-state index in [1.54, 1.807) is 24.4 Å². The van der Waals surface area contributed by atoms with Crippen molar-refractivity contribution in [1.29, 1.82) is 5.26 Å². The average molecular weight is 329 g/mol. The van der Waals surface area contributed by atoms with E-state index < -0.39 is 11.3 Å². The molecule has 0 saturated carbocycles. The third-order valence-electron chi connectivity index (χ3n) is 3.59. The van der Waals surface area contributed by atoms with Crippen molar-refractivity contribution in [2.75, 3.05) is 13.2 Å². The first-order valence-corrected chi connectivity index (χ1v) is 7.35. The minimum Gasteiger partial charge on any atom is -0.377 e. The zero-order valence-corrected chi connectivity index (χ0v) is 12.9. The third-order valence-corrected chi connectivity index (χ3v) is 3.82. The summed E-state index contributed by atoms with van der Waals surface area (Å²) in [5.41, 5.74) is 0.264. The summed E-state index contributed by atoms with van der Waals surface area (Å²) in [6.07, 6.45) is 3.49. The topological polar surface area (TPSA) is 80.3 Å². The van der Waals surface area contributed by atoms with E-state index in [1.165, 1.54) is 0 Å². The first-order chi connectivity index (χ1) is 11.1. The Labute approximate surface area is 137 Å². The van der Waals surface area contributed by atoms with Gasteiger partial charge in [0.15, 0.2) is 5.41 Å². The molecule has 2 aromatic heterocycles. The summed E-state index contributed by atoms with van der Waals surface area (Å²) in [5, 5.41) is 9.60. The van der Waals surface area contributed by atoms with Crippen LogP contribution in [0.25, 0.3) is 0 Å². The Kier molecular flexibility index (Phi) is 4.24. The van der Waals surface area contributed by atoms with Crippen LogP contribution in [0.2, 0.25) is 5.15 Å². The van der Waals surface area contributed by atoms with E-state index >= 15 is 0 Å². The van der Waals surface area contributed by atoms with E-state index in [4.69, 9.17) is 16.3 Å². The number of halogens is 1. The van der Waals surface area contributed by atoms with Crippen molar-refractivity contribution in [3.63, 3.8) is 0 Å². The molecular formula is C16H13ClN4O2. The lowest BCUT2D eigenvalue weighted by atomic mass is 9.87. The number of ether oxygens (including phenoxy) is 1. The fraction of sp³-hybridized carbons (Fsp3) is 0.250. The van der Waals surface area contributed by atoms with E-state index in [9.17, 15) is 10.1 Å². The molecule has 1 aliphatic rings. The Morgan fingerprint density at radius 3 is 2.87 bits per heavy atom. The molecule has 116 valence electrons. The van der Waals surface area contributed by atoms with Gasteiger partial charge in [0.05, 0.1) is 25.8 Å². The molecule has 1 fully saturated rings. The quantitative estimate of drug-likeness (QED) is 0.801.